The summed E-state index contributed by atoms with van der Waals surface area (Å²) in [7, 11) is 0. The summed E-state index contributed by atoms with van der Waals surface area (Å²) in [6.07, 6.45) is 1.62. The van der Waals surface area contributed by atoms with Gasteiger partial charge in [-0.15, -0.1) is 6.58 Å². The maximum Gasteiger partial charge on any atom is 0.242 e. The second-order valence-corrected chi connectivity index (χ2v) is 4.37. The molecular weight excluding hydrogens is 259 g/mol. The van der Waals surface area contributed by atoms with Gasteiger partial charge < -0.3 is 10.6 Å². The van der Waals surface area contributed by atoms with E-state index in [9.17, 15) is 4.79 Å². The molecule has 92 valence electrons. The van der Waals surface area contributed by atoms with Gasteiger partial charge in [-0.1, -0.05) is 29.3 Å². The van der Waals surface area contributed by atoms with Crippen molar-refractivity contribution in [3.05, 3.63) is 40.9 Å². The van der Waals surface area contributed by atoms with Crippen LogP contribution in [-0.4, -0.2) is 18.5 Å². The molecule has 0 saturated carbocycles. The van der Waals surface area contributed by atoms with Crippen LogP contribution in [0.15, 0.2) is 30.9 Å². The lowest BCUT2D eigenvalue weighted by atomic mass is 10.2. The molecule has 1 aromatic carbocycles. The number of rotatable bonds is 5. The van der Waals surface area contributed by atoms with Gasteiger partial charge in [-0.25, -0.2) is 0 Å². The summed E-state index contributed by atoms with van der Waals surface area (Å²) < 4.78 is 0. The smallest absolute Gasteiger partial charge is 0.242 e. The fourth-order valence-corrected chi connectivity index (χ4v) is 1.69. The van der Waals surface area contributed by atoms with Crippen molar-refractivity contribution in [1.29, 1.82) is 0 Å². The van der Waals surface area contributed by atoms with Gasteiger partial charge in [0.25, 0.3) is 0 Å². The molecule has 1 rings (SSSR count). The highest BCUT2D eigenvalue weighted by molar-refractivity contribution is 6.36. The average molecular weight is 273 g/mol. The minimum atomic E-state index is -0.381. The Morgan fingerprint density at radius 1 is 1.53 bits per heavy atom. The summed E-state index contributed by atoms with van der Waals surface area (Å²) >= 11 is 11.8. The molecule has 0 heterocycles. The minimum absolute atomic E-state index is 0.115. The number of carbonyl (C=O) groups is 1. The molecule has 1 amide bonds. The van der Waals surface area contributed by atoms with Crippen LogP contribution in [0.4, 0.5) is 5.69 Å². The lowest BCUT2D eigenvalue weighted by Gasteiger charge is -2.15. The van der Waals surface area contributed by atoms with Crippen LogP contribution >= 0.6 is 23.2 Å². The number of halogens is 2. The zero-order chi connectivity index (χ0) is 12.8. The highest BCUT2D eigenvalue weighted by Crippen LogP contribution is 2.25. The van der Waals surface area contributed by atoms with Gasteiger partial charge >= 0.3 is 0 Å². The molecular formula is C12H14Cl2N2O. The third-order valence-corrected chi connectivity index (χ3v) is 2.66. The van der Waals surface area contributed by atoms with E-state index in [4.69, 9.17) is 23.2 Å². The van der Waals surface area contributed by atoms with Crippen LogP contribution in [0.2, 0.25) is 10.0 Å². The van der Waals surface area contributed by atoms with Gasteiger partial charge in [-0.05, 0) is 25.1 Å². The van der Waals surface area contributed by atoms with E-state index in [2.05, 4.69) is 17.2 Å². The Morgan fingerprint density at radius 2 is 2.24 bits per heavy atom. The Labute approximate surface area is 111 Å². The fraction of sp³-hybridized carbons (Fsp3) is 0.250. The van der Waals surface area contributed by atoms with Crippen molar-refractivity contribution < 1.29 is 4.79 Å². The fourth-order valence-electron chi connectivity index (χ4n) is 1.23. The number of carbonyl (C=O) groups excluding carboxylic acids is 1. The maximum absolute atomic E-state index is 11.6. The standard InChI is InChI=1S/C12H14Cl2N2O/c1-3-6-15-12(17)8(2)16-11-5-4-9(13)7-10(11)14/h3-5,7-8,16H,1,6H2,2H3,(H,15,17). The number of anilines is 1. The minimum Gasteiger partial charge on any atom is -0.373 e. The van der Waals surface area contributed by atoms with Gasteiger partial charge in [0.2, 0.25) is 5.91 Å². The molecule has 0 bridgehead atoms. The van der Waals surface area contributed by atoms with Crippen molar-refractivity contribution in [2.45, 2.75) is 13.0 Å². The van der Waals surface area contributed by atoms with E-state index >= 15 is 0 Å². The number of nitrogens with one attached hydrogen (secondary N) is 2. The summed E-state index contributed by atoms with van der Waals surface area (Å²) in [5.74, 6) is -0.115. The molecule has 1 atom stereocenters. The van der Waals surface area contributed by atoms with Gasteiger partial charge in [0, 0.05) is 11.6 Å². The average Bonchev–Trinajstić information content (AvgIpc) is 2.29. The zero-order valence-corrected chi connectivity index (χ0v) is 11.0. The quantitative estimate of drug-likeness (QED) is 0.809. The van der Waals surface area contributed by atoms with Crippen LogP contribution in [0.25, 0.3) is 0 Å². The van der Waals surface area contributed by atoms with E-state index in [-0.39, 0.29) is 11.9 Å². The van der Waals surface area contributed by atoms with Crippen molar-refractivity contribution in [2.75, 3.05) is 11.9 Å². The van der Waals surface area contributed by atoms with Crippen molar-refractivity contribution in [3.63, 3.8) is 0 Å². The summed E-state index contributed by atoms with van der Waals surface area (Å²) in [6.45, 7) is 5.73. The Bertz CT molecular complexity index is 421. The summed E-state index contributed by atoms with van der Waals surface area (Å²) in [5, 5.41) is 6.75. The predicted molar refractivity (Wildman–Crippen MR) is 72.8 cm³/mol. The molecule has 0 aliphatic rings. The van der Waals surface area contributed by atoms with Crippen LogP contribution in [0.1, 0.15) is 6.92 Å². The van der Waals surface area contributed by atoms with Gasteiger partial charge in [0.1, 0.15) is 6.04 Å². The van der Waals surface area contributed by atoms with Gasteiger partial charge in [-0.2, -0.15) is 0 Å². The predicted octanol–water partition coefficient (Wildman–Crippen LogP) is 3.10. The first-order valence-corrected chi connectivity index (χ1v) is 5.90. The van der Waals surface area contributed by atoms with Crippen molar-refractivity contribution in [2.24, 2.45) is 0 Å². The molecule has 0 aliphatic carbocycles. The SMILES string of the molecule is C=CCNC(=O)C(C)Nc1ccc(Cl)cc1Cl. The molecule has 0 aliphatic heterocycles. The van der Waals surface area contributed by atoms with E-state index < -0.39 is 0 Å². The van der Waals surface area contributed by atoms with Crippen LogP contribution in [0, 0.1) is 0 Å². The van der Waals surface area contributed by atoms with Crippen molar-refractivity contribution in [3.8, 4) is 0 Å². The molecule has 0 saturated heterocycles. The Hall–Kier alpha value is -1.19. The Kier molecular flexibility index (Phi) is 5.32. The molecule has 1 unspecified atom stereocenters. The molecule has 0 radical (unpaired) electrons. The molecule has 0 spiro atoms. The first kappa shape index (κ1) is 13.9. The topological polar surface area (TPSA) is 41.1 Å². The highest BCUT2D eigenvalue weighted by atomic mass is 35.5. The molecule has 1 aromatic rings. The normalized spacial score (nSPS) is 11.7. The molecule has 0 aromatic heterocycles. The second-order valence-electron chi connectivity index (χ2n) is 3.52. The second kappa shape index (κ2) is 6.52. The third-order valence-electron chi connectivity index (χ3n) is 2.12. The monoisotopic (exact) mass is 272 g/mol. The molecule has 17 heavy (non-hydrogen) atoms. The van der Waals surface area contributed by atoms with Gasteiger partial charge in [0.15, 0.2) is 0 Å². The van der Waals surface area contributed by atoms with E-state index in [1.807, 2.05) is 0 Å². The van der Waals surface area contributed by atoms with E-state index in [0.29, 0.717) is 22.3 Å². The van der Waals surface area contributed by atoms with Crippen LogP contribution in [0.3, 0.4) is 0 Å². The summed E-state index contributed by atoms with van der Waals surface area (Å²) in [4.78, 5) is 11.6. The summed E-state index contributed by atoms with van der Waals surface area (Å²) in [6, 6.07) is 4.69. The first-order valence-electron chi connectivity index (χ1n) is 5.14. The van der Waals surface area contributed by atoms with Gasteiger partial charge in [0.05, 0.1) is 10.7 Å². The molecule has 2 N–H and O–H groups in total. The van der Waals surface area contributed by atoms with Gasteiger partial charge in [-0.3, -0.25) is 4.79 Å². The van der Waals surface area contributed by atoms with Crippen molar-refractivity contribution >= 4 is 34.8 Å². The zero-order valence-electron chi connectivity index (χ0n) is 9.47. The number of hydrogen-bond acceptors (Lipinski definition) is 2. The van der Waals surface area contributed by atoms with E-state index in [0.717, 1.165) is 0 Å². The van der Waals surface area contributed by atoms with Crippen molar-refractivity contribution in [1.82, 2.24) is 5.32 Å². The number of amides is 1. The molecule has 0 fully saturated rings. The van der Waals surface area contributed by atoms with Crippen LogP contribution in [-0.2, 0) is 4.79 Å². The largest absolute Gasteiger partial charge is 0.373 e. The maximum atomic E-state index is 11.6. The number of hydrogen-bond donors (Lipinski definition) is 2. The third kappa shape index (κ3) is 4.29. The Morgan fingerprint density at radius 3 is 2.82 bits per heavy atom. The lowest BCUT2D eigenvalue weighted by Crippen LogP contribution is -2.37. The highest BCUT2D eigenvalue weighted by Gasteiger charge is 2.12. The molecule has 5 heteroatoms. The van der Waals surface area contributed by atoms with E-state index in [1.165, 1.54) is 0 Å². The van der Waals surface area contributed by atoms with Crippen LogP contribution < -0.4 is 10.6 Å². The lowest BCUT2D eigenvalue weighted by molar-refractivity contribution is -0.121. The van der Waals surface area contributed by atoms with E-state index in [1.54, 1.807) is 31.2 Å². The molecule has 3 nitrogen and oxygen atoms in total. The number of benzene rings is 1. The van der Waals surface area contributed by atoms with Crippen LogP contribution in [0.5, 0.6) is 0 Å². The Balaban J connectivity index is 2.64. The first-order chi connectivity index (χ1) is 8.04. The summed E-state index contributed by atoms with van der Waals surface area (Å²) in [5.41, 5.74) is 0.678.